The Hall–Kier alpha value is -3.33. The summed E-state index contributed by atoms with van der Waals surface area (Å²) >= 11 is 0. The normalized spacial score (nSPS) is 22.9. The molecule has 2 aliphatic heterocycles. The second kappa shape index (κ2) is 10.6. The molecule has 4 rings (SSSR count). The predicted octanol–water partition coefficient (Wildman–Crippen LogP) is 7.57. The quantitative estimate of drug-likeness (QED) is 0.441. The molecule has 0 radical (unpaired) electrons. The van der Waals surface area contributed by atoms with E-state index in [-0.39, 0.29) is 0 Å². The minimum Gasteiger partial charge on any atom is -0.355 e. The van der Waals surface area contributed by atoms with Crippen molar-refractivity contribution in [1.82, 2.24) is 9.97 Å². The zero-order valence-electron chi connectivity index (χ0n) is 24.3. The van der Waals surface area contributed by atoms with Crippen LogP contribution in [0.1, 0.15) is 94.9 Å². The van der Waals surface area contributed by atoms with E-state index in [1.807, 2.05) is 0 Å². The van der Waals surface area contributed by atoms with E-state index in [1.54, 1.807) is 0 Å². The molecule has 0 amide bonds. The molecule has 3 heteroatoms. The van der Waals surface area contributed by atoms with Crippen LogP contribution in [0, 0.1) is 13.8 Å². The standard InChI is InChI=1S/C34H43N3/c1-11-25-20(6)16-29-22(8)27(13-3)33(35-29)18-31-24(10)28(14-4)34(37-31)17-30-23(9)26(12-2)32(36-30)15-19(5)21(25)7/h15-18,35-36H,5,11-14H2,1-4,6-10H3/b20-16+,25-21-,30-17-,31-18-,32-15-. The number of H-pyrrole nitrogens is 2. The molecule has 0 aromatic carbocycles. The molecule has 3 nitrogen and oxygen atoms in total. The Morgan fingerprint density at radius 3 is 1.95 bits per heavy atom. The highest BCUT2D eigenvalue weighted by Crippen LogP contribution is 2.32. The van der Waals surface area contributed by atoms with Gasteiger partial charge in [0.2, 0.25) is 0 Å². The summed E-state index contributed by atoms with van der Waals surface area (Å²) < 4.78 is 0. The number of hydrogen-bond donors (Lipinski definition) is 2. The van der Waals surface area contributed by atoms with Crippen molar-refractivity contribution in [2.24, 2.45) is 4.99 Å². The molecule has 0 atom stereocenters. The van der Waals surface area contributed by atoms with Crippen molar-refractivity contribution >= 4 is 30.0 Å². The average Bonchev–Trinajstić information content (AvgIpc) is 3.44. The smallest absolute Gasteiger partial charge is 0.0693 e. The second-order valence-corrected chi connectivity index (χ2v) is 10.4. The number of aromatic amines is 2. The summed E-state index contributed by atoms with van der Waals surface area (Å²) in [5.41, 5.74) is 17.3. The molecule has 194 valence electrons. The van der Waals surface area contributed by atoms with Crippen molar-refractivity contribution < 1.29 is 0 Å². The maximum atomic E-state index is 5.16. The third-order valence-corrected chi connectivity index (χ3v) is 8.36. The maximum Gasteiger partial charge on any atom is 0.0693 e. The van der Waals surface area contributed by atoms with Gasteiger partial charge in [-0.2, -0.15) is 0 Å². The van der Waals surface area contributed by atoms with Gasteiger partial charge in [-0.15, -0.1) is 0 Å². The highest BCUT2D eigenvalue weighted by molar-refractivity contribution is 6.23. The molecule has 2 aromatic heterocycles. The number of aliphatic imine (C=N–C) groups is 1. The fourth-order valence-electron chi connectivity index (χ4n) is 6.03. The summed E-state index contributed by atoms with van der Waals surface area (Å²) in [6, 6.07) is 0. The summed E-state index contributed by atoms with van der Waals surface area (Å²) in [5, 5.41) is 2.29. The highest BCUT2D eigenvalue weighted by atomic mass is 14.8. The van der Waals surface area contributed by atoms with Crippen LogP contribution in [0.2, 0.25) is 0 Å². The van der Waals surface area contributed by atoms with Crippen molar-refractivity contribution in [3.8, 4) is 0 Å². The van der Waals surface area contributed by atoms with E-state index < -0.39 is 0 Å². The van der Waals surface area contributed by atoms with Crippen molar-refractivity contribution in [2.45, 2.75) is 88.0 Å². The lowest BCUT2D eigenvalue weighted by Gasteiger charge is -2.12. The fraction of sp³-hybridized carbons (Fsp3) is 0.382. The Morgan fingerprint density at radius 2 is 1.32 bits per heavy atom. The third kappa shape index (κ3) is 4.72. The molecule has 0 unspecified atom stereocenters. The first kappa shape index (κ1) is 26.7. The molecule has 2 N–H and O–H groups in total. The highest BCUT2D eigenvalue weighted by Gasteiger charge is 2.20. The Labute approximate surface area is 222 Å². The van der Waals surface area contributed by atoms with Gasteiger partial charge in [0.15, 0.2) is 0 Å². The Morgan fingerprint density at radius 1 is 0.649 bits per heavy atom. The van der Waals surface area contributed by atoms with Crippen LogP contribution in [0.15, 0.2) is 50.7 Å². The van der Waals surface area contributed by atoms with Gasteiger partial charge in [-0.3, -0.25) is 0 Å². The van der Waals surface area contributed by atoms with E-state index in [4.69, 9.17) is 4.99 Å². The fourth-order valence-corrected chi connectivity index (χ4v) is 6.03. The number of nitrogens with one attached hydrogen (secondary N) is 2. The van der Waals surface area contributed by atoms with Gasteiger partial charge in [-0.05, 0) is 140 Å². The van der Waals surface area contributed by atoms with E-state index in [1.165, 1.54) is 61.5 Å². The number of fused-ring (bicyclic) bond motifs is 5. The van der Waals surface area contributed by atoms with Gasteiger partial charge in [0.05, 0.1) is 11.4 Å². The molecule has 2 aromatic rings. The predicted molar refractivity (Wildman–Crippen MR) is 162 cm³/mol. The van der Waals surface area contributed by atoms with Crippen LogP contribution in [-0.2, 0) is 12.8 Å². The first-order valence-electron chi connectivity index (χ1n) is 13.9. The molecular formula is C34H43N3. The van der Waals surface area contributed by atoms with Crippen molar-refractivity contribution in [2.75, 3.05) is 0 Å². The Bertz CT molecular complexity index is 1550. The molecule has 4 heterocycles. The molecule has 0 spiro atoms. The number of allylic oxidation sites excluding steroid dienone is 6. The van der Waals surface area contributed by atoms with Crippen LogP contribution in [0.5, 0.6) is 0 Å². The van der Waals surface area contributed by atoms with E-state index in [2.05, 4.69) is 103 Å². The topological polar surface area (TPSA) is 43.9 Å². The van der Waals surface area contributed by atoms with Gasteiger partial charge in [-0.25, -0.2) is 4.99 Å². The van der Waals surface area contributed by atoms with Crippen LogP contribution in [0.3, 0.4) is 0 Å². The summed E-state index contributed by atoms with van der Waals surface area (Å²) in [4.78, 5) is 12.6. The largest absolute Gasteiger partial charge is 0.355 e. The minimum absolute atomic E-state index is 0.954. The van der Waals surface area contributed by atoms with Crippen LogP contribution in [0.4, 0.5) is 0 Å². The van der Waals surface area contributed by atoms with E-state index >= 15 is 0 Å². The van der Waals surface area contributed by atoms with Crippen molar-refractivity contribution in [3.63, 3.8) is 0 Å². The van der Waals surface area contributed by atoms with Crippen LogP contribution in [0.25, 0.3) is 24.3 Å². The van der Waals surface area contributed by atoms with Gasteiger partial charge < -0.3 is 9.97 Å². The maximum absolute atomic E-state index is 5.16. The van der Waals surface area contributed by atoms with Crippen molar-refractivity contribution in [3.05, 3.63) is 90.1 Å². The number of hydrogen-bond acceptors (Lipinski definition) is 1. The van der Waals surface area contributed by atoms with E-state index in [0.717, 1.165) is 53.4 Å². The van der Waals surface area contributed by atoms with Crippen LogP contribution < -0.4 is 10.7 Å². The average molecular weight is 494 g/mol. The molecule has 2 aliphatic rings. The monoisotopic (exact) mass is 493 g/mol. The minimum atomic E-state index is 0.954. The lowest BCUT2D eigenvalue weighted by atomic mass is 9.93. The second-order valence-electron chi connectivity index (χ2n) is 10.4. The molecule has 0 saturated carbocycles. The summed E-state index contributed by atoms with van der Waals surface area (Å²) in [6.45, 7) is 24.5. The van der Waals surface area contributed by atoms with Crippen LogP contribution in [-0.4, -0.2) is 15.7 Å². The third-order valence-electron chi connectivity index (χ3n) is 8.36. The summed E-state index contributed by atoms with van der Waals surface area (Å²) in [5.74, 6) is 0. The molecule has 0 aliphatic carbocycles. The molecule has 37 heavy (non-hydrogen) atoms. The zero-order valence-corrected chi connectivity index (χ0v) is 24.3. The lowest BCUT2D eigenvalue weighted by Crippen LogP contribution is -2.14. The van der Waals surface area contributed by atoms with Gasteiger partial charge in [0, 0.05) is 22.1 Å². The van der Waals surface area contributed by atoms with Crippen molar-refractivity contribution in [1.29, 1.82) is 0 Å². The molecule has 6 bridgehead atoms. The molecular weight excluding hydrogens is 450 g/mol. The van der Waals surface area contributed by atoms with E-state index in [9.17, 15) is 0 Å². The number of aromatic nitrogens is 2. The summed E-state index contributed by atoms with van der Waals surface area (Å²) in [7, 11) is 0. The van der Waals surface area contributed by atoms with Gasteiger partial charge in [0.1, 0.15) is 0 Å². The molecule has 0 fully saturated rings. The first-order chi connectivity index (χ1) is 17.6. The Kier molecular flexibility index (Phi) is 7.64. The van der Waals surface area contributed by atoms with Gasteiger partial charge >= 0.3 is 0 Å². The molecule has 0 saturated heterocycles. The van der Waals surface area contributed by atoms with E-state index in [0.29, 0.717) is 0 Å². The first-order valence-corrected chi connectivity index (χ1v) is 13.9. The summed E-state index contributed by atoms with van der Waals surface area (Å²) in [6.07, 6.45) is 12.9. The number of rotatable bonds is 4. The Balaban J connectivity index is 2.11. The number of nitrogens with zero attached hydrogens (tertiary/aromatic N) is 1. The zero-order chi connectivity index (χ0) is 27.0. The van der Waals surface area contributed by atoms with Gasteiger partial charge in [-0.1, -0.05) is 34.3 Å². The van der Waals surface area contributed by atoms with Gasteiger partial charge in [0.25, 0.3) is 0 Å². The lowest BCUT2D eigenvalue weighted by molar-refractivity contribution is 1.07. The SMILES string of the molecule is C=C1/C=c2\[nH]/c(c(C)c2CC)=C\C2=NC(=C\c3[nH]c(c(C)c3CC)/C=C(C)/C(CC)=C\1C)/C(C)=C2CC. The van der Waals surface area contributed by atoms with Crippen LogP contribution >= 0.6 is 0 Å².